The van der Waals surface area contributed by atoms with Crippen LogP contribution in [0.25, 0.3) is 0 Å². The number of piperidine rings is 1. The number of aromatic nitrogens is 2. The van der Waals surface area contributed by atoms with E-state index >= 15 is 0 Å². The van der Waals surface area contributed by atoms with Crippen molar-refractivity contribution in [3.05, 3.63) is 11.9 Å². The van der Waals surface area contributed by atoms with Crippen molar-refractivity contribution in [2.24, 2.45) is 5.92 Å². The summed E-state index contributed by atoms with van der Waals surface area (Å²) in [5, 5.41) is 0. The fraction of sp³-hybridized carbons (Fsp3) is 0.750. The molecule has 20 heavy (non-hydrogen) atoms. The average Bonchev–Trinajstić information content (AvgIpc) is 2.44. The van der Waals surface area contributed by atoms with Gasteiger partial charge in [-0.05, 0) is 32.1 Å². The van der Waals surface area contributed by atoms with Crippen molar-refractivity contribution in [3.8, 4) is 0 Å². The summed E-state index contributed by atoms with van der Waals surface area (Å²) in [6, 6.07) is 2.15. The molecular weight excluding hydrogens is 248 g/mol. The molecule has 112 valence electrons. The number of hydrogen-bond donors (Lipinski definition) is 0. The van der Waals surface area contributed by atoms with Gasteiger partial charge in [-0.3, -0.25) is 0 Å². The van der Waals surface area contributed by atoms with Crippen molar-refractivity contribution in [2.45, 2.75) is 46.5 Å². The highest BCUT2D eigenvalue weighted by Crippen LogP contribution is 2.24. The van der Waals surface area contributed by atoms with Gasteiger partial charge in [-0.25, -0.2) is 9.97 Å². The Bertz CT molecular complexity index is 432. The number of hydrogen-bond acceptors (Lipinski definition) is 4. The van der Waals surface area contributed by atoms with E-state index < -0.39 is 0 Å². The average molecular weight is 276 g/mol. The number of aryl methyl sites for hydroxylation is 1. The van der Waals surface area contributed by atoms with Crippen LogP contribution in [0.2, 0.25) is 0 Å². The summed E-state index contributed by atoms with van der Waals surface area (Å²) in [5.74, 6) is 3.79. The van der Waals surface area contributed by atoms with Crippen LogP contribution in [-0.4, -0.2) is 36.6 Å². The molecule has 1 aromatic rings. The van der Waals surface area contributed by atoms with Gasteiger partial charge in [0.15, 0.2) is 0 Å². The smallest absolute Gasteiger partial charge is 0.134 e. The summed E-state index contributed by atoms with van der Waals surface area (Å²) in [4.78, 5) is 13.9. The van der Waals surface area contributed by atoms with Crippen LogP contribution in [0.5, 0.6) is 0 Å². The maximum atomic E-state index is 4.64. The summed E-state index contributed by atoms with van der Waals surface area (Å²) in [7, 11) is 2.13. The Morgan fingerprint density at radius 1 is 1.40 bits per heavy atom. The van der Waals surface area contributed by atoms with E-state index in [-0.39, 0.29) is 0 Å². The Labute approximate surface area is 123 Å². The van der Waals surface area contributed by atoms with Gasteiger partial charge in [0.25, 0.3) is 0 Å². The monoisotopic (exact) mass is 276 g/mol. The van der Waals surface area contributed by atoms with Gasteiger partial charge in [0.2, 0.25) is 0 Å². The Morgan fingerprint density at radius 2 is 2.20 bits per heavy atom. The molecule has 1 unspecified atom stereocenters. The van der Waals surface area contributed by atoms with Crippen LogP contribution in [0.15, 0.2) is 6.07 Å². The Balaban J connectivity index is 2.15. The lowest BCUT2D eigenvalue weighted by Gasteiger charge is -2.32. The van der Waals surface area contributed by atoms with E-state index in [0.717, 1.165) is 43.0 Å². The number of nitrogens with zero attached hydrogens (tertiary/aromatic N) is 4. The van der Waals surface area contributed by atoms with Crippen molar-refractivity contribution in [2.75, 3.05) is 36.5 Å². The van der Waals surface area contributed by atoms with Crippen LogP contribution < -0.4 is 9.80 Å². The van der Waals surface area contributed by atoms with E-state index in [1.807, 2.05) is 6.92 Å². The van der Waals surface area contributed by atoms with Crippen LogP contribution in [-0.2, 0) is 0 Å². The second kappa shape index (κ2) is 6.91. The van der Waals surface area contributed by atoms with Crippen molar-refractivity contribution in [1.82, 2.24) is 9.97 Å². The third-order valence-electron chi connectivity index (χ3n) is 4.03. The highest BCUT2D eigenvalue weighted by molar-refractivity contribution is 5.50. The van der Waals surface area contributed by atoms with Gasteiger partial charge in [-0.15, -0.1) is 0 Å². The zero-order chi connectivity index (χ0) is 14.5. The molecule has 4 heteroatoms. The highest BCUT2D eigenvalue weighted by atomic mass is 15.2. The van der Waals surface area contributed by atoms with E-state index in [1.165, 1.54) is 25.7 Å². The van der Waals surface area contributed by atoms with Crippen molar-refractivity contribution < 1.29 is 0 Å². The van der Waals surface area contributed by atoms with Crippen LogP contribution in [0.3, 0.4) is 0 Å². The standard InChI is InChI=1S/C16H28N4/c1-5-6-9-19(4)15-11-16(18-14(3)17-15)20-10-7-8-13(2)12-20/h11,13H,5-10,12H2,1-4H3. The van der Waals surface area contributed by atoms with Crippen molar-refractivity contribution in [3.63, 3.8) is 0 Å². The summed E-state index contributed by atoms with van der Waals surface area (Å²) in [5.41, 5.74) is 0. The van der Waals surface area contributed by atoms with Gasteiger partial charge in [-0.2, -0.15) is 0 Å². The molecule has 1 fully saturated rings. The lowest BCUT2D eigenvalue weighted by molar-refractivity contribution is 0.444. The van der Waals surface area contributed by atoms with E-state index in [4.69, 9.17) is 0 Å². The Kier molecular flexibility index (Phi) is 5.21. The van der Waals surface area contributed by atoms with Gasteiger partial charge in [-0.1, -0.05) is 20.3 Å². The minimum atomic E-state index is 0.764. The number of anilines is 2. The maximum absolute atomic E-state index is 4.64. The molecule has 2 rings (SSSR count). The molecule has 0 bridgehead atoms. The molecule has 1 aromatic heterocycles. The molecule has 1 saturated heterocycles. The van der Waals surface area contributed by atoms with Crippen LogP contribution in [0.4, 0.5) is 11.6 Å². The van der Waals surface area contributed by atoms with E-state index in [2.05, 4.69) is 46.7 Å². The first-order valence-corrected chi connectivity index (χ1v) is 7.92. The van der Waals surface area contributed by atoms with Crippen molar-refractivity contribution in [1.29, 1.82) is 0 Å². The molecule has 1 atom stereocenters. The molecule has 0 spiro atoms. The lowest BCUT2D eigenvalue weighted by atomic mass is 10.0. The molecule has 1 aliphatic rings. The molecule has 0 saturated carbocycles. The fourth-order valence-corrected chi connectivity index (χ4v) is 2.80. The van der Waals surface area contributed by atoms with Gasteiger partial charge in [0, 0.05) is 32.7 Å². The summed E-state index contributed by atoms with van der Waals surface area (Å²) >= 11 is 0. The normalized spacial score (nSPS) is 19.2. The zero-order valence-corrected chi connectivity index (χ0v) is 13.4. The zero-order valence-electron chi connectivity index (χ0n) is 13.4. The Hall–Kier alpha value is -1.32. The van der Waals surface area contributed by atoms with Gasteiger partial charge in [0.1, 0.15) is 17.5 Å². The van der Waals surface area contributed by atoms with E-state index in [0.29, 0.717) is 0 Å². The first-order chi connectivity index (χ1) is 9.60. The quantitative estimate of drug-likeness (QED) is 0.826. The second-order valence-corrected chi connectivity index (χ2v) is 6.10. The minimum absolute atomic E-state index is 0.764. The molecule has 0 aromatic carbocycles. The first-order valence-electron chi connectivity index (χ1n) is 7.92. The predicted octanol–water partition coefficient (Wildman–Crippen LogP) is 3.26. The second-order valence-electron chi connectivity index (χ2n) is 6.10. The summed E-state index contributed by atoms with van der Waals surface area (Å²) in [6.45, 7) is 9.85. The molecule has 0 amide bonds. The predicted molar refractivity (Wildman–Crippen MR) is 85.6 cm³/mol. The molecule has 0 radical (unpaired) electrons. The summed E-state index contributed by atoms with van der Waals surface area (Å²) < 4.78 is 0. The first kappa shape index (κ1) is 15.1. The van der Waals surface area contributed by atoms with Crippen LogP contribution in [0.1, 0.15) is 45.4 Å². The van der Waals surface area contributed by atoms with Gasteiger partial charge >= 0.3 is 0 Å². The van der Waals surface area contributed by atoms with Gasteiger partial charge in [0.05, 0.1) is 0 Å². The molecule has 2 heterocycles. The highest BCUT2D eigenvalue weighted by Gasteiger charge is 2.19. The Morgan fingerprint density at radius 3 is 2.90 bits per heavy atom. The molecule has 1 aliphatic heterocycles. The maximum Gasteiger partial charge on any atom is 0.134 e. The number of unbranched alkanes of at least 4 members (excludes halogenated alkanes) is 1. The number of rotatable bonds is 5. The van der Waals surface area contributed by atoms with Gasteiger partial charge < -0.3 is 9.80 Å². The van der Waals surface area contributed by atoms with E-state index in [9.17, 15) is 0 Å². The van der Waals surface area contributed by atoms with Crippen LogP contribution in [0, 0.1) is 12.8 Å². The SMILES string of the molecule is CCCCN(C)c1cc(N2CCCC(C)C2)nc(C)n1. The third-order valence-corrected chi connectivity index (χ3v) is 4.03. The largest absolute Gasteiger partial charge is 0.360 e. The third kappa shape index (κ3) is 3.84. The fourth-order valence-electron chi connectivity index (χ4n) is 2.80. The molecule has 0 aliphatic carbocycles. The lowest BCUT2D eigenvalue weighted by Crippen LogP contribution is -2.35. The minimum Gasteiger partial charge on any atom is -0.360 e. The van der Waals surface area contributed by atoms with E-state index in [1.54, 1.807) is 0 Å². The topological polar surface area (TPSA) is 32.3 Å². The van der Waals surface area contributed by atoms with Crippen molar-refractivity contribution >= 4 is 11.6 Å². The molecular formula is C16H28N4. The molecule has 0 N–H and O–H groups in total. The van der Waals surface area contributed by atoms with Crippen LogP contribution >= 0.6 is 0 Å². The molecule has 4 nitrogen and oxygen atoms in total. The summed E-state index contributed by atoms with van der Waals surface area (Å²) in [6.07, 6.45) is 5.02.